The van der Waals surface area contributed by atoms with E-state index < -0.39 is 19.5 Å². The van der Waals surface area contributed by atoms with Crippen molar-refractivity contribution in [3.8, 4) is 5.75 Å². The molecule has 0 bridgehead atoms. The predicted octanol–water partition coefficient (Wildman–Crippen LogP) is 3.98. The number of urea groups is 1. The zero-order valence-electron chi connectivity index (χ0n) is 21.9. The van der Waals surface area contributed by atoms with E-state index in [1.807, 2.05) is 50.3 Å². The zero-order valence-corrected chi connectivity index (χ0v) is 22.8. The fraction of sp³-hybridized carbons (Fsp3) is 0.462. The van der Waals surface area contributed by atoms with E-state index >= 15 is 0 Å². The minimum Gasteiger partial charge on any atom is -0.463 e. The number of rotatable bonds is 13. The van der Waals surface area contributed by atoms with E-state index in [0.29, 0.717) is 30.3 Å². The smallest absolute Gasteiger partial charge is 0.323 e. The number of benzene rings is 1. The summed E-state index contributed by atoms with van der Waals surface area (Å²) < 4.78 is 16.8. The largest absolute Gasteiger partial charge is 0.463 e. The molecule has 36 heavy (non-hydrogen) atoms. The summed E-state index contributed by atoms with van der Waals surface area (Å²) in [4.78, 5) is 36.1. The molecule has 9 nitrogen and oxygen atoms in total. The van der Waals surface area contributed by atoms with Crippen molar-refractivity contribution >= 4 is 32.2 Å². The molecule has 0 aliphatic carbocycles. The number of methoxy groups -OCH3 is 1. The van der Waals surface area contributed by atoms with Gasteiger partial charge in [-0.05, 0) is 44.9 Å². The average molecular weight is 522 g/mol. The molecule has 1 aromatic carbocycles. The Hall–Kier alpha value is -2.71. The van der Waals surface area contributed by atoms with Crippen LogP contribution in [0.1, 0.15) is 33.6 Å². The molecule has 2 rings (SSSR count). The molecule has 10 heteroatoms. The van der Waals surface area contributed by atoms with Crippen LogP contribution in [0.25, 0.3) is 0 Å². The number of para-hydroxylation sites is 1. The molecule has 2 amide bonds. The van der Waals surface area contributed by atoms with Crippen LogP contribution in [-0.4, -0.2) is 75.1 Å². The van der Waals surface area contributed by atoms with Crippen LogP contribution < -0.4 is 14.9 Å². The van der Waals surface area contributed by atoms with Gasteiger partial charge in [0.2, 0.25) is 0 Å². The van der Waals surface area contributed by atoms with Gasteiger partial charge in [-0.3, -0.25) is 14.8 Å². The van der Waals surface area contributed by atoms with Crippen LogP contribution in [-0.2, 0) is 19.1 Å². The monoisotopic (exact) mass is 521 g/mol. The lowest BCUT2D eigenvalue weighted by Crippen LogP contribution is -2.42. The molecule has 0 saturated heterocycles. The molecular weight excluding hydrogens is 481 g/mol. The summed E-state index contributed by atoms with van der Waals surface area (Å²) in [5.74, 6) is 0.680. The van der Waals surface area contributed by atoms with E-state index in [0.717, 1.165) is 19.2 Å². The zero-order chi connectivity index (χ0) is 27.0. The van der Waals surface area contributed by atoms with Gasteiger partial charge in [0.15, 0.2) is 6.23 Å². The minimum atomic E-state index is -2.41. The van der Waals surface area contributed by atoms with Gasteiger partial charge in [0.1, 0.15) is 25.6 Å². The fourth-order valence-corrected chi connectivity index (χ4v) is 5.40. The second kappa shape index (κ2) is 16.9. The lowest BCUT2D eigenvalue weighted by atomic mass is 10.2. The number of hydrogen-bond acceptors (Lipinski definition) is 7. The number of amides is 2. The van der Waals surface area contributed by atoms with E-state index in [1.165, 1.54) is 18.1 Å². The Morgan fingerprint density at radius 2 is 1.92 bits per heavy atom. The third-order valence-electron chi connectivity index (χ3n) is 5.12. The van der Waals surface area contributed by atoms with Gasteiger partial charge in [-0.1, -0.05) is 37.5 Å². The fourth-order valence-electron chi connectivity index (χ4n) is 3.13. The van der Waals surface area contributed by atoms with Crippen molar-refractivity contribution in [1.82, 2.24) is 15.3 Å². The van der Waals surface area contributed by atoms with E-state index in [4.69, 9.17) is 9.26 Å². The van der Waals surface area contributed by atoms with Gasteiger partial charge < -0.3 is 24.1 Å². The Morgan fingerprint density at radius 3 is 2.44 bits per heavy atom. The molecule has 4 unspecified atom stereocenters. The number of nitrogens with one attached hydrogen (secondary N) is 2. The molecule has 4 atom stereocenters. The van der Waals surface area contributed by atoms with Gasteiger partial charge >= 0.3 is 6.03 Å². The average Bonchev–Trinajstić information content (AvgIpc) is 3.37. The summed E-state index contributed by atoms with van der Waals surface area (Å²) in [6.45, 7) is 6.38. The Kier molecular flexibility index (Phi) is 14.7. The molecule has 1 heterocycles. The van der Waals surface area contributed by atoms with Gasteiger partial charge in [0.25, 0.3) is 0 Å². The van der Waals surface area contributed by atoms with Crippen LogP contribution in [0, 0.1) is 0 Å². The number of aldehydes is 2. The molecule has 1 aromatic rings. The molecule has 0 saturated carbocycles. The number of nitrogens with zero attached hydrogens (tertiary/aromatic N) is 1. The van der Waals surface area contributed by atoms with E-state index in [9.17, 15) is 14.4 Å². The molecule has 0 radical (unpaired) electrons. The standard InChI is InChI=1S/C23H32N3O5P.C3H8O/c1-5-19(17-28)15-26(23(29)24-3)22-12-11-20(30-22)13-14-32(4,25-18(2)16-27)31-21-9-7-6-8-10-21;1-3-4-2/h6-12,15-18,20,22,25H,4-5,13-14H2,1-3H3,(H,24,29);3H2,1-2H3/b19-15-;. The first-order valence-corrected chi connectivity index (χ1v) is 14.0. The summed E-state index contributed by atoms with van der Waals surface area (Å²) in [7, 11) is 0.789. The van der Waals surface area contributed by atoms with Gasteiger partial charge in [0, 0.05) is 38.7 Å². The molecule has 0 fully saturated rings. The van der Waals surface area contributed by atoms with Crippen molar-refractivity contribution in [2.24, 2.45) is 0 Å². The summed E-state index contributed by atoms with van der Waals surface area (Å²) >= 11 is 0. The highest BCUT2D eigenvalue weighted by molar-refractivity contribution is 7.67. The van der Waals surface area contributed by atoms with Crippen LogP contribution in [0.3, 0.4) is 0 Å². The van der Waals surface area contributed by atoms with Crippen LogP contribution in [0.4, 0.5) is 4.79 Å². The minimum absolute atomic E-state index is 0.268. The predicted molar refractivity (Wildman–Crippen MR) is 145 cm³/mol. The molecule has 0 spiro atoms. The van der Waals surface area contributed by atoms with E-state index in [2.05, 4.69) is 21.4 Å². The lowest BCUT2D eigenvalue weighted by molar-refractivity contribution is -0.109. The van der Waals surface area contributed by atoms with Crippen molar-refractivity contribution < 1.29 is 28.4 Å². The Bertz CT molecular complexity index is 920. The van der Waals surface area contributed by atoms with Gasteiger partial charge in [-0.25, -0.2) is 4.79 Å². The molecule has 1 aliphatic heterocycles. The third kappa shape index (κ3) is 10.9. The highest BCUT2D eigenvalue weighted by atomic mass is 31.2. The van der Waals surface area contributed by atoms with Gasteiger partial charge in [0.05, 0.1) is 12.1 Å². The molecule has 2 N–H and O–H groups in total. The van der Waals surface area contributed by atoms with Crippen LogP contribution >= 0.6 is 7.26 Å². The summed E-state index contributed by atoms with van der Waals surface area (Å²) in [5, 5.41) is 5.79. The molecule has 1 aliphatic rings. The number of hydrogen-bond donors (Lipinski definition) is 2. The van der Waals surface area contributed by atoms with Crippen molar-refractivity contribution in [1.29, 1.82) is 0 Å². The number of ether oxygens (including phenoxy) is 2. The Morgan fingerprint density at radius 1 is 1.25 bits per heavy atom. The van der Waals surface area contributed by atoms with Crippen molar-refractivity contribution in [2.75, 3.05) is 26.9 Å². The molecule has 200 valence electrons. The van der Waals surface area contributed by atoms with Gasteiger partial charge in [-0.15, -0.1) is 0 Å². The normalized spacial score (nSPS) is 19.3. The maximum absolute atomic E-state index is 12.3. The highest BCUT2D eigenvalue weighted by Gasteiger charge is 2.29. The number of allylic oxidation sites excluding steroid dienone is 1. The first-order chi connectivity index (χ1) is 17.2. The van der Waals surface area contributed by atoms with Crippen molar-refractivity contribution in [3.63, 3.8) is 0 Å². The first kappa shape index (κ1) is 31.3. The maximum Gasteiger partial charge on any atom is 0.323 e. The Balaban J connectivity index is 0.00000150. The number of carbonyl (C=O) groups excluding carboxylic acids is 3. The second-order valence-corrected chi connectivity index (χ2v) is 10.7. The molecule has 0 aromatic heterocycles. The summed E-state index contributed by atoms with van der Waals surface area (Å²) in [5.41, 5.74) is 0.486. The topological polar surface area (TPSA) is 106 Å². The van der Waals surface area contributed by atoms with E-state index in [1.54, 1.807) is 20.1 Å². The lowest BCUT2D eigenvalue weighted by Gasteiger charge is -2.30. The van der Waals surface area contributed by atoms with Crippen LogP contribution in [0.5, 0.6) is 5.75 Å². The second-order valence-electron chi connectivity index (χ2n) is 8.02. The van der Waals surface area contributed by atoms with E-state index in [-0.39, 0.29) is 12.1 Å². The molecular formula is C26H40N3O6P. The summed E-state index contributed by atoms with van der Waals surface area (Å²) in [6, 6.07) is 8.57. The Labute approximate surface area is 215 Å². The first-order valence-electron chi connectivity index (χ1n) is 11.9. The van der Waals surface area contributed by atoms with Crippen LogP contribution in [0.15, 0.2) is 54.3 Å². The quantitative estimate of drug-likeness (QED) is 0.175. The van der Waals surface area contributed by atoms with Crippen molar-refractivity contribution in [2.45, 2.75) is 52.0 Å². The van der Waals surface area contributed by atoms with Crippen molar-refractivity contribution in [3.05, 3.63) is 54.3 Å². The number of carbonyl (C=O) groups is 3. The SMILES string of the molecule is C=P(CCC1C=CC(N(/C=C(\C=O)CC)C(=O)NC)O1)(NC(C)C=O)Oc1ccccc1.CCOC. The maximum atomic E-state index is 12.3. The highest BCUT2D eigenvalue weighted by Crippen LogP contribution is 2.44. The van der Waals surface area contributed by atoms with Crippen LogP contribution in [0.2, 0.25) is 0 Å². The third-order valence-corrected chi connectivity index (χ3v) is 7.54. The summed E-state index contributed by atoms with van der Waals surface area (Å²) in [6.07, 6.45) is 11.8. The van der Waals surface area contributed by atoms with Gasteiger partial charge in [-0.2, -0.15) is 0 Å².